The topological polar surface area (TPSA) is 84.2 Å². The smallest absolute Gasteiger partial charge is 0.235 e. The third kappa shape index (κ3) is 4.68. The summed E-state index contributed by atoms with van der Waals surface area (Å²) in [4.78, 5) is 4.16. The molecule has 0 spiro atoms. The molecule has 6 nitrogen and oxygen atoms in total. The maximum absolute atomic E-state index is 11.9. The van der Waals surface area contributed by atoms with Crippen LogP contribution in [-0.2, 0) is 16.6 Å². The molecule has 3 rings (SSSR count). The predicted molar refractivity (Wildman–Crippen MR) is 108 cm³/mol. The number of nitrogens with one attached hydrogen (secondary N) is 2. The van der Waals surface area contributed by atoms with Gasteiger partial charge in [0.15, 0.2) is 0 Å². The van der Waals surface area contributed by atoms with Crippen LogP contribution in [0, 0.1) is 6.92 Å². The van der Waals surface area contributed by atoms with Crippen LogP contribution in [0.3, 0.4) is 0 Å². The molecule has 0 amide bonds. The van der Waals surface area contributed by atoms with Gasteiger partial charge in [-0.25, -0.2) is 13.4 Å². The van der Waals surface area contributed by atoms with E-state index in [-0.39, 0.29) is 0 Å². The third-order valence-electron chi connectivity index (χ3n) is 4.22. The summed E-state index contributed by atoms with van der Waals surface area (Å²) < 4.78 is 31.7. The van der Waals surface area contributed by atoms with Crippen molar-refractivity contribution in [3.05, 3.63) is 66.1 Å². The number of nitrogens with zero attached hydrogens (tertiary/aromatic N) is 1. The molecule has 7 heteroatoms. The van der Waals surface area contributed by atoms with Gasteiger partial charge in [-0.05, 0) is 62.2 Å². The van der Waals surface area contributed by atoms with Crippen molar-refractivity contribution in [3.8, 4) is 11.5 Å². The number of aryl methyl sites for hydroxylation is 1. The van der Waals surface area contributed by atoms with Crippen LogP contribution in [0.1, 0.15) is 25.0 Å². The largest absolute Gasteiger partial charge is 0.445 e. The van der Waals surface area contributed by atoms with E-state index in [0.29, 0.717) is 18.1 Å². The first kappa shape index (κ1) is 19.0. The van der Waals surface area contributed by atoms with Crippen molar-refractivity contribution >= 4 is 21.4 Å². The Morgan fingerprint density at radius 1 is 1.11 bits per heavy atom. The van der Waals surface area contributed by atoms with Gasteiger partial charge in [0.25, 0.3) is 0 Å². The lowest BCUT2D eigenvalue weighted by Crippen LogP contribution is -2.22. The first-order chi connectivity index (χ1) is 12.8. The molecule has 0 bridgehead atoms. The lowest BCUT2D eigenvalue weighted by Gasteiger charge is -2.13. The normalized spacial score (nSPS) is 11.6. The summed E-state index contributed by atoms with van der Waals surface area (Å²) in [6, 6.07) is 13.3. The van der Waals surface area contributed by atoms with Crippen LogP contribution in [0.15, 0.2) is 59.3 Å². The average Bonchev–Trinajstić information content (AvgIpc) is 3.16. The molecule has 0 atom stereocenters. The molecular formula is C20H23N3O3S. The number of hydrogen-bond acceptors (Lipinski definition) is 5. The van der Waals surface area contributed by atoms with E-state index in [2.05, 4.69) is 15.0 Å². The number of sulfonamides is 1. The minimum Gasteiger partial charge on any atom is -0.445 e. The lowest BCUT2D eigenvalue weighted by atomic mass is 10.1. The van der Waals surface area contributed by atoms with Crippen molar-refractivity contribution in [2.75, 3.05) is 10.0 Å². The third-order valence-corrected chi connectivity index (χ3v) is 5.98. The molecule has 0 aliphatic carbocycles. The minimum atomic E-state index is -3.33. The number of benzene rings is 2. The second kappa shape index (κ2) is 7.84. The number of oxazole rings is 1. The molecule has 0 fully saturated rings. The Morgan fingerprint density at radius 2 is 1.85 bits per heavy atom. The monoisotopic (exact) mass is 385 g/mol. The van der Waals surface area contributed by atoms with Crippen molar-refractivity contribution in [1.82, 2.24) is 4.98 Å². The van der Waals surface area contributed by atoms with Gasteiger partial charge in [0.05, 0.1) is 11.4 Å². The second-order valence-electron chi connectivity index (χ2n) is 6.61. The lowest BCUT2D eigenvalue weighted by molar-refractivity contribution is 0.574. The predicted octanol–water partition coefficient (Wildman–Crippen LogP) is 4.41. The van der Waals surface area contributed by atoms with Gasteiger partial charge in [-0.3, -0.25) is 4.72 Å². The molecule has 0 unspecified atom stereocenters. The molecule has 0 saturated carbocycles. The molecule has 2 aromatic carbocycles. The highest BCUT2D eigenvalue weighted by Crippen LogP contribution is 2.24. The maximum Gasteiger partial charge on any atom is 0.235 e. The van der Waals surface area contributed by atoms with Crippen LogP contribution in [0.2, 0.25) is 0 Å². The summed E-state index contributed by atoms with van der Waals surface area (Å²) in [6.45, 7) is 5.96. The standard InChI is InChI=1S/C20H23N3O3S/c1-14(2)27(24,25)23-18-7-4-16(5-8-18)13-22-19-9-6-17(12-15(19)3)20-21-10-11-26-20/h4-12,14,22-23H,13H2,1-3H3. The zero-order valence-corrected chi connectivity index (χ0v) is 16.4. The van der Waals surface area contributed by atoms with Crippen LogP contribution in [-0.4, -0.2) is 18.7 Å². The summed E-state index contributed by atoms with van der Waals surface area (Å²) >= 11 is 0. The van der Waals surface area contributed by atoms with Gasteiger partial charge in [-0.15, -0.1) is 0 Å². The van der Waals surface area contributed by atoms with E-state index in [4.69, 9.17) is 4.42 Å². The zero-order chi connectivity index (χ0) is 19.4. The summed E-state index contributed by atoms with van der Waals surface area (Å²) in [5, 5.41) is 2.93. The fourth-order valence-corrected chi connectivity index (χ4v) is 3.23. The highest BCUT2D eigenvalue weighted by atomic mass is 32.2. The maximum atomic E-state index is 11.9. The number of aromatic nitrogens is 1. The molecule has 142 valence electrons. The molecule has 3 aromatic rings. The van der Waals surface area contributed by atoms with E-state index in [1.165, 1.54) is 0 Å². The van der Waals surface area contributed by atoms with E-state index < -0.39 is 15.3 Å². The van der Waals surface area contributed by atoms with E-state index in [0.717, 1.165) is 22.4 Å². The zero-order valence-electron chi connectivity index (χ0n) is 15.6. The van der Waals surface area contributed by atoms with Crippen molar-refractivity contribution in [2.45, 2.75) is 32.6 Å². The second-order valence-corrected chi connectivity index (χ2v) is 8.85. The van der Waals surface area contributed by atoms with Crippen LogP contribution in [0.25, 0.3) is 11.5 Å². The van der Waals surface area contributed by atoms with Crippen molar-refractivity contribution in [3.63, 3.8) is 0 Å². The van der Waals surface area contributed by atoms with Crippen molar-refractivity contribution in [1.29, 1.82) is 0 Å². The van der Waals surface area contributed by atoms with E-state index in [9.17, 15) is 8.42 Å². The van der Waals surface area contributed by atoms with Crippen molar-refractivity contribution in [2.24, 2.45) is 0 Å². The van der Waals surface area contributed by atoms with Crippen LogP contribution in [0.5, 0.6) is 0 Å². The van der Waals surface area contributed by atoms with E-state index in [1.807, 2.05) is 37.3 Å². The highest BCUT2D eigenvalue weighted by Gasteiger charge is 2.15. The summed E-state index contributed by atoms with van der Waals surface area (Å²) in [5.41, 5.74) is 4.67. The molecule has 27 heavy (non-hydrogen) atoms. The Hall–Kier alpha value is -2.80. The first-order valence-electron chi connectivity index (χ1n) is 8.70. The Balaban J connectivity index is 1.63. The Kier molecular flexibility index (Phi) is 5.51. The van der Waals surface area contributed by atoms with Crippen LogP contribution >= 0.6 is 0 Å². The average molecular weight is 385 g/mol. The van der Waals surface area contributed by atoms with E-state index >= 15 is 0 Å². The van der Waals surface area contributed by atoms with Gasteiger partial charge >= 0.3 is 0 Å². The Bertz CT molecular complexity index is 995. The summed E-state index contributed by atoms with van der Waals surface area (Å²) in [6.07, 6.45) is 3.18. The summed E-state index contributed by atoms with van der Waals surface area (Å²) in [7, 11) is -3.33. The molecule has 2 N–H and O–H groups in total. The van der Waals surface area contributed by atoms with Crippen LogP contribution in [0.4, 0.5) is 11.4 Å². The van der Waals surface area contributed by atoms with Gasteiger partial charge in [-0.2, -0.15) is 0 Å². The molecular weight excluding hydrogens is 362 g/mol. The van der Waals surface area contributed by atoms with E-state index in [1.54, 1.807) is 38.4 Å². The van der Waals surface area contributed by atoms with Gasteiger partial charge in [0.2, 0.25) is 15.9 Å². The number of anilines is 2. The van der Waals surface area contributed by atoms with Gasteiger partial charge in [0.1, 0.15) is 6.26 Å². The van der Waals surface area contributed by atoms with Gasteiger partial charge in [0, 0.05) is 23.5 Å². The molecule has 0 aliphatic heterocycles. The summed E-state index contributed by atoms with van der Waals surface area (Å²) in [5.74, 6) is 0.601. The molecule has 1 heterocycles. The Morgan fingerprint density at radius 3 is 2.44 bits per heavy atom. The fraction of sp³-hybridized carbons (Fsp3) is 0.250. The number of hydrogen-bond donors (Lipinski definition) is 2. The highest BCUT2D eigenvalue weighted by molar-refractivity contribution is 7.93. The van der Waals surface area contributed by atoms with Crippen molar-refractivity contribution < 1.29 is 12.8 Å². The Labute approximate surface area is 159 Å². The number of rotatable bonds is 7. The van der Waals surface area contributed by atoms with Crippen LogP contribution < -0.4 is 10.0 Å². The van der Waals surface area contributed by atoms with Gasteiger partial charge in [-0.1, -0.05) is 12.1 Å². The quantitative estimate of drug-likeness (QED) is 0.629. The fourth-order valence-electron chi connectivity index (χ4n) is 2.53. The minimum absolute atomic E-state index is 0.471. The molecule has 0 aliphatic rings. The van der Waals surface area contributed by atoms with Gasteiger partial charge < -0.3 is 9.73 Å². The molecule has 0 radical (unpaired) electrons. The SMILES string of the molecule is Cc1cc(-c2ncco2)ccc1NCc1ccc(NS(=O)(=O)C(C)C)cc1. The first-order valence-corrected chi connectivity index (χ1v) is 10.2. The molecule has 0 saturated heterocycles. The molecule has 1 aromatic heterocycles.